The molecule has 0 heterocycles. The third kappa shape index (κ3) is 9.15. The lowest BCUT2D eigenvalue weighted by Crippen LogP contribution is -2.44. The third-order valence-electron chi connectivity index (χ3n) is 3.19. The number of hydrogen-bond acceptors (Lipinski definition) is 4. The highest BCUT2D eigenvalue weighted by molar-refractivity contribution is 5.85. The standard InChI is InChI=1S/C19H32N4O3/c1-7-20-18(22-13-17(24)23-19(3,4)5)21-12-14(2)26-16-10-8-15(25-6)9-11-16/h8-11,14H,7,12-13H2,1-6H3,(H,23,24)(H2,20,21,22). The van der Waals surface area contributed by atoms with Gasteiger partial charge in [0.15, 0.2) is 5.96 Å². The van der Waals surface area contributed by atoms with Gasteiger partial charge in [0.05, 0.1) is 13.7 Å². The Morgan fingerprint density at radius 1 is 1.15 bits per heavy atom. The van der Waals surface area contributed by atoms with E-state index in [1.54, 1.807) is 7.11 Å². The summed E-state index contributed by atoms with van der Waals surface area (Å²) < 4.78 is 11.0. The van der Waals surface area contributed by atoms with Crippen molar-refractivity contribution in [3.05, 3.63) is 24.3 Å². The van der Waals surface area contributed by atoms with Crippen LogP contribution in [0.5, 0.6) is 11.5 Å². The first-order valence-corrected chi connectivity index (χ1v) is 8.87. The molecule has 0 saturated heterocycles. The molecule has 146 valence electrons. The Morgan fingerprint density at radius 3 is 2.31 bits per heavy atom. The minimum Gasteiger partial charge on any atom is -0.497 e. The lowest BCUT2D eigenvalue weighted by Gasteiger charge is -2.20. The van der Waals surface area contributed by atoms with Crippen LogP contribution < -0.4 is 25.4 Å². The van der Waals surface area contributed by atoms with Gasteiger partial charge < -0.3 is 25.4 Å². The number of carbonyl (C=O) groups is 1. The Hall–Kier alpha value is -2.44. The zero-order valence-electron chi connectivity index (χ0n) is 16.7. The second kappa shape index (κ2) is 10.5. The molecule has 0 aliphatic carbocycles. The number of aliphatic imine (C=N–C) groups is 1. The zero-order chi connectivity index (χ0) is 19.6. The van der Waals surface area contributed by atoms with Crippen LogP contribution in [0.3, 0.4) is 0 Å². The first-order valence-electron chi connectivity index (χ1n) is 8.87. The van der Waals surface area contributed by atoms with Gasteiger partial charge in [-0.3, -0.25) is 4.79 Å². The van der Waals surface area contributed by atoms with Crippen molar-refractivity contribution >= 4 is 11.9 Å². The average Bonchev–Trinajstić information content (AvgIpc) is 2.56. The van der Waals surface area contributed by atoms with Crippen LogP contribution in [0.25, 0.3) is 0 Å². The van der Waals surface area contributed by atoms with E-state index in [1.165, 1.54) is 0 Å². The first kappa shape index (κ1) is 21.6. The topological polar surface area (TPSA) is 84.0 Å². The maximum atomic E-state index is 11.9. The average molecular weight is 364 g/mol. The van der Waals surface area contributed by atoms with Crippen LogP contribution in [-0.4, -0.2) is 50.3 Å². The van der Waals surface area contributed by atoms with Gasteiger partial charge in [-0.1, -0.05) is 0 Å². The maximum absolute atomic E-state index is 11.9. The van der Waals surface area contributed by atoms with Crippen LogP contribution in [0.15, 0.2) is 29.3 Å². The van der Waals surface area contributed by atoms with Gasteiger partial charge in [-0.25, -0.2) is 4.99 Å². The molecule has 26 heavy (non-hydrogen) atoms. The minimum atomic E-state index is -0.265. The number of ether oxygens (including phenoxy) is 2. The Morgan fingerprint density at radius 2 is 1.77 bits per heavy atom. The number of hydrogen-bond donors (Lipinski definition) is 3. The molecule has 0 saturated carbocycles. The van der Waals surface area contributed by atoms with Crippen molar-refractivity contribution < 1.29 is 14.3 Å². The number of nitrogens with one attached hydrogen (secondary N) is 3. The second-order valence-electron chi connectivity index (χ2n) is 6.98. The van der Waals surface area contributed by atoms with Gasteiger partial charge in [0, 0.05) is 12.1 Å². The molecule has 0 aliphatic heterocycles. The van der Waals surface area contributed by atoms with Crippen LogP contribution in [-0.2, 0) is 4.79 Å². The summed E-state index contributed by atoms with van der Waals surface area (Å²) in [5.74, 6) is 2.03. The summed E-state index contributed by atoms with van der Waals surface area (Å²) >= 11 is 0. The van der Waals surface area contributed by atoms with Gasteiger partial charge >= 0.3 is 0 Å². The quantitative estimate of drug-likeness (QED) is 0.485. The zero-order valence-corrected chi connectivity index (χ0v) is 16.7. The van der Waals surface area contributed by atoms with E-state index in [1.807, 2.05) is 58.9 Å². The maximum Gasteiger partial charge on any atom is 0.242 e. The summed E-state index contributed by atoms with van der Waals surface area (Å²) in [6.07, 6.45) is -0.0735. The number of nitrogens with zero attached hydrogens (tertiary/aromatic N) is 1. The highest BCUT2D eigenvalue weighted by Crippen LogP contribution is 2.17. The lowest BCUT2D eigenvalue weighted by molar-refractivity contribution is -0.121. The van der Waals surface area contributed by atoms with E-state index in [2.05, 4.69) is 20.9 Å². The van der Waals surface area contributed by atoms with E-state index in [9.17, 15) is 4.79 Å². The fourth-order valence-corrected chi connectivity index (χ4v) is 2.12. The summed E-state index contributed by atoms with van der Waals surface area (Å²) in [6, 6.07) is 7.45. The van der Waals surface area contributed by atoms with Crippen LogP contribution >= 0.6 is 0 Å². The van der Waals surface area contributed by atoms with Crippen molar-refractivity contribution in [2.75, 3.05) is 26.7 Å². The highest BCUT2D eigenvalue weighted by Gasteiger charge is 2.13. The molecular weight excluding hydrogens is 332 g/mol. The molecule has 0 aliphatic rings. The molecule has 0 aromatic heterocycles. The first-order chi connectivity index (χ1) is 12.2. The fourth-order valence-electron chi connectivity index (χ4n) is 2.12. The summed E-state index contributed by atoms with van der Waals surface area (Å²) in [4.78, 5) is 16.2. The van der Waals surface area contributed by atoms with Crippen LogP contribution in [0.2, 0.25) is 0 Å². The van der Waals surface area contributed by atoms with E-state index >= 15 is 0 Å². The predicted octanol–water partition coefficient (Wildman–Crippen LogP) is 1.93. The molecule has 1 rings (SSSR count). The van der Waals surface area contributed by atoms with Crippen LogP contribution in [0, 0.1) is 0 Å². The van der Waals surface area contributed by atoms with Gasteiger partial charge in [-0.2, -0.15) is 0 Å². The fraction of sp³-hybridized carbons (Fsp3) is 0.579. The van der Waals surface area contributed by atoms with Crippen molar-refractivity contribution in [1.82, 2.24) is 16.0 Å². The van der Waals surface area contributed by atoms with Crippen molar-refractivity contribution in [1.29, 1.82) is 0 Å². The number of benzene rings is 1. The summed E-state index contributed by atoms with van der Waals surface area (Å²) in [5.41, 5.74) is -0.265. The SMILES string of the molecule is CCNC(=NCC(=O)NC(C)(C)C)NCC(C)Oc1ccc(OC)cc1. The molecule has 1 unspecified atom stereocenters. The lowest BCUT2D eigenvalue weighted by atomic mass is 10.1. The monoisotopic (exact) mass is 364 g/mol. The van der Waals surface area contributed by atoms with E-state index < -0.39 is 0 Å². The largest absolute Gasteiger partial charge is 0.497 e. The molecule has 7 heteroatoms. The van der Waals surface area contributed by atoms with Gasteiger partial charge in [-0.05, 0) is 58.9 Å². The second-order valence-corrected chi connectivity index (χ2v) is 6.98. The van der Waals surface area contributed by atoms with Crippen LogP contribution in [0.1, 0.15) is 34.6 Å². The molecular formula is C19H32N4O3. The minimum absolute atomic E-state index is 0.0698. The predicted molar refractivity (Wildman–Crippen MR) is 105 cm³/mol. The third-order valence-corrected chi connectivity index (χ3v) is 3.19. The molecule has 1 amide bonds. The van der Waals surface area contributed by atoms with E-state index in [0.717, 1.165) is 11.5 Å². The number of guanidine groups is 1. The van der Waals surface area contributed by atoms with E-state index in [-0.39, 0.29) is 24.1 Å². The molecule has 0 bridgehead atoms. The Kier molecular flexibility index (Phi) is 8.75. The molecule has 0 fully saturated rings. The molecule has 0 spiro atoms. The highest BCUT2D eigenvalue weighted by atomic mass is 16.5. The Balaban J connectivity index is 2.50. The van der Waals surface area contributed by atoms with Gasteiger partial charge in [0.2, 0.25) is 5.91 Å². The van der Waals surface area contributed by atoms with Gasteiger partial charge in [0.25, 0.3) is 0 Å². The van der Waals surface area contributed by atoms with E-state index in [4.69, 9.17) is 9.47 Å². The molecule has 1 aromatic rings. The number of methoxy groups -OCH3 is 1. The van der Waals surface area contributed by atoms with Crippen molar-refractivity contribution in [3.63, 3.8) is 0 Å². The Labute approximate surface area is 156 Å². The smallest absolute Gasteiger partial charge is 0.242 e. The molecule has 7 nitrogen and oxygen atoms in total. The van der Waals surface area contributed by atoms with Crippen molar-refractivity contribution in [3.8, 4) is 11.5 Å². The summed E-state index contributed by atoms with van der Waals surface area (Å²) in [6.45, 7) is 11.1. The Bertz CT molecular complexity index is 579. The molecule has 1 atom stereocenters. The normalized spacial score (nSPS) is 12.9. The number of carbonyl (C=O) groups excluding carboxylic acids is 1. The summed E-state index contributed by atoms with van der Waals surface area (Å²) in [7, 11) is 1.63. The van der Waals surface area contributed by atoms with Crippen LogP contribution in [0.4, 0.5) is 0 Å². The van der Waals surface area contributed by atoms with Gasteiger partial charge in [-0.15, -0.1) is 0 Å². The van der Waals surface area contributed by atoms with E-state index in [0.29, 0.717) is 19.0 Å². The van der Waals surface area contributed by atoms with Crippen molar-refractivity contribution in [2.45, 2.75) is 46.3 Å². The van der Waals surface area contributed by atoms with Crippen molar-refractivity contribution in [2.24, 2.45) is 4.99 Å². The molecule has 1 aromatic carbocycles. The molecule has 0 radical (unpaired) electrons. The molecule has 3 N–H and O–H groups in total. The summed E-state index contributed by atoms with van der Waals surface area (Å²) in [5, 5.41) is 9.20. The number of amides is 1. The number of rotatable bonds is 8. The van der Waals surface area contributed by atoms with Gasteiger partial charge in [0.1, 0.15) is 24.1 Å².